The highest BCUT2D eigenvalue weighted by atomic mass is 31.2. The second-order valence-corrected chi connectivity index (χ2v) is 11.5. The fourth-order valence-corrected chi connectivity index (χ4v) is 8.83. The first-order valence-electron chi connectivity index (χ1n) is 11.9. The van der Waals surface area contributed by atoms with Gasteiger partial charge in [0.1, 0.15) is 0 Å². The highest BCUT2D eigenvalue weighted by Crippen LogP contribution is 2.63. The lowest BCUT2D eigenvalue weighted by molar-refractivity contribution is 1.08. The van der Waals surface area contributed by atoms with E-state index >= 15 is 0 Å². The van der Waals surface area contributed by atoms with E-state index in [9.17, 15) is 0 Å². The molecule has 1 aliphatic carbocycles. The third-order valence-electron chi connectivity index (χ3n) is 6.63. The van der Waals surface area contributed by atoms with Crippen LogP contribution < -0.4 is 10.6 Å². The molecule has 0 radical (unpaired) electrons. The average molecular weight is 448 g/mol. The van der Waals surface area contributed by atoms with Gasteiger partial charge in [0, 0.05) is 15.9 Å². The van der Waals surface area contributed by atoms with E-state index < -0.39 is 7.05 Å². The van der Waals surface area contributed by atoms with Gasteiger partial charge >= 0.3 is 0 Å². The summed E-state index contributed by atoms with van der Waals surface area (Å²) < 4.78 is 5.90. The topological polar surface area (TPSA) is 12.4 Å². The van der Waals surface area contributed by atoms with Crippen molar-refractivity contribution in [2.24, 2.45) is 4.74 Å². The van der Waals surface area contributed by atoms with Crippen LogP contribution in [-0.4, -0.2) is 0 Å². The quantitative estimate of drug-likeness (QED) is 0.267. The van der Waals surface area contributed by atoms with Gasteiger partial charge in [-0.15, -0.1) is 0 Å². The summed E-state index contributed by atoms with van der Waals surface area (Å²) >= 11 is 0. The minimum atomic E-state index is -2.30. The van der Waals surface area contributed by atoms with Crippen LogP contribution in [0.25, 0.3) is 5.31 Å². The third kappa shape index (κ3) is 3.81. The molecule has 4 aromatic carbocycles. The average Bonchev–Trinajstić information content (AvgIpc) is 3.33. The number of benzene rings is 4. The molecule has 0 atom stereocenters. The number of allylic oxidation sites excluding steroid dienone is 1. The minimum absolute atomic E-state index is 0.971. The minimum Gasteiger partial charge on any atom is -0.253 e. The number of hydrogen-bond donors (Lipinski definition) is 0. The maximum atomic E-state index is 5.90. The number of aryl methyl sites for hydroxylation is 2. The Balaban J connectivity index is 1.95. The molecule has 164 valence electrons. The molecule has 4 aromatic rings. The molecule has 0 spiro atoms. The number of fused-ring (bicyclic) bond motifs is 1. The van der Waals surface area contributed by atoms with Crippen LogP contribution >= 0.6 is 7.05 Å². The molecule has 0 aromatic heterocycles. The number of rotatable bonds is 6. The molecule has 0 fully saturated rings. The second kappa shape index (κ2) is 9.38. The largest absolute Gasteiger partial charge is 0.253 e. The molecular weight excluding hydrogens is 417 g/mol. The molecule has 1 nitrogen and oxygen atoms in total. The normalized spacial score (nSPS) is 12.8. The van der Waals surface area contributed by atoms with Crippen molar-refractivity contribution in [1.82, 2.24) is 0 Å². The predicted octanol–water partition coefficient (Wildman–Crippen LogP) is 7.89. The molecule has 0 unspecified atom stereocenters. The van der Waals surface area contributed by atoms with Gasteiger partial charge in [0.05, 0.1) is 12.7 Å². The Morgan fingerprint density at radius 2 is 1.18 bits per heavy atom. The zero-order valence-electron chi connectivity index (χ0n) is 19.4. The molecule has 1 aliphatic rings. The molecule has 0 saturated heterocycles. The van der Waals surface area contributed by atoms with Gasteiger partial charge in [0.25, 0.3) is 0 Å². The monoisotopic (exact) mass is 447 g/mol. The Labute approximate surface area is 197 Å². The van der Waals surface area contributed by atoms with Crippen LogP contribution in [0.4, 0.5) is 5.69 Å². The van der Waals surface area contributed by atoms with Crippen molar-refractivity contribution in [3.8, 4) is 0 Å². The van der Waals surface area contributed by atoms with Gasteiger partial charge in [-0.25, -0.2) is 0 Å². The highest BCUT2D eigenvalue weighted by molar-refractivity contribution is 7.89. The van der Waals surface area contributed by atoms with Crippen LogP contribution in [0.1, 0.15) is 36.1 Å². The van der Waals surface area contributed by atoms with Gasteiger partial charge in [-0.3, -0.25) is 4.74 Å². The molecule has 33 heavy (non-hydrogen) atoms. The smallest absolute Gasteiger partial charge is 0.0688 e. The maximum absolute atomic E-state index is 5.90. The second-order valence-electron chi connectivity index (χ2n) is 8.49. The summed E-state index contributed by atoms with van der Waals surface area (Å²) in [5, 5.41) is 4.02. The zero-order valence-corrected chi connectivity index (χ0v) is 20.3. The first-order valence-corrected chi connectivity index (χ1v) is 13.7. The van der Waals surface area contributed by atoms with Crippen molar-refractivity contribution in [3.05, 3.63) is 131 Å². The van der Waals surface area contributed by atoms with E-state index in [1.807, 2.05) is 0 Å². The van der Waals surface area contributed by atoms with Crippen LogP contribution in [0.2, 0.25) is 0 Å². The summed E-state index contributed by atoms with van der Waals surface area (Å²) in [5.74, 6) is 0. The Kier molecular flexibility index (Phi) is 6.16. The zero-order chi connectivity index (χ0) is 22.7. The number of nitrogens with zero attached hydrogens (tertiary/aromatic N) is 1. The predicted molar refractivity (Wildman–Crippen MR) is 144 cm³/mol. The van der Waals surface area contributed by atoms with Gasteiger partial charge in [0.15, 0.2) is 0 Å². The van der Waals surface area contributed by atoms with E-state index in [2.05, 4.69) is 123 Å². The van der Waals surface area contributed by atoms with Crippen LogP contribution in [0.5, 0.6) is 0 Å². The fraction of sp³-hybridized carbons (Fsp3) is 0.161. The van der Waals surface area contributed by atoms with Crippen molar-refractivity contribution in [1.29, 1.82) is 0 Å². The van der Waals surface area contributed by atoms with E-state index in [4.69, 9.17) is 4.74 Å². The standard InChI is InChI=1S/C31H30NP/c1-3-24-15-13-16-25(4-2)31(24)32-33(27-17-7-5-8-18-27,28-19-9-6-10-20-28)30-23-22-26-14-11-12-21-29(26)30/h5-21,23H,3-4,22H2,1-2H3. The van der Waals surface area contributed by atoms with Crippen molar-refractivity contribution in [3.63, 3.8) is 0 Å². The molecule has 0 N–H and O–H groups in total. The summed E-state index contributed by atoms with van der Waals surface area (Å²) in [6.45, 7) is 4.48. The lowest BCUT2D eigenvalue weighted by Crippen LogP contribution is -2.17. The van der Waals surface area contributed by atoms with E-state index in [-0.39, 0.29) is 0 Å². The summed E-state index contributed by atoms with van der Waals surface area (Å²) in [7, 11) is -2.30. The third-order valence-corrected chi connectivity index (χ3v) is 10.3. The Morgan fingerprint density at radius 3 is 1.76 bits per heavy atom. The Bertz CT molecular complexity index is 1280. The molecule has 0 aliphatic heterocycles. The molecular formula is C31H30NP. The van der Waals surface area contributed by atoms with Gasteiger partial charge in [-0.05, 0) is 41.5 Å². The summed E-state index contributed by atoms with van der Waals surface area (Å²) in [6, 6.07) is 37.6. The fourth-order valence-electron chi connectivity index (χ4n) is 4.95. The maximum Gasteiger partial charge on any atom is 0.0688 e. The highest BCUT2D eigenvalue weighted by Gasteiger charge is 2.34. The molecule has 0 bridgehead atoms. The SMILES string of the molecule is CCc1cccc(CC)c1N=P(C1=CCc2ccccc21)(c1ccccc1)c1ccccc1. The van der Waals surface area contributed by atoms with E-state index in [1.165, 1.54) is 43.9 Å². The van der Waals surface area contributed by atoms with Gasteiger partial charge < -0.3 is 0 Å². The van der Waals surface area contributed by atoms with Gasteiger partial charge in [0.2, 0.25) is 0 Å². The summed E-state index contributed by atoms with van der Waals surface area (Å²) in [6.07, 6.45) is 5.37. The van der Waals surface area contributed by atoms with Crippen molar-refractivity contribution >= 4 is 28.7 Å². The van der Waals surface area contributed by atoms with Gasteiger partial charge in [-0.1, -0.05) is 123 Å². The molecule has 0 saturated carbocycles. The van der Waals surface area contributed by atoms with E-state index in [0.717, 1.165) is 19.3 Å². The van der Waals surface area contributed by atoms with Gasteiger partial charge in [-0.2, -0.15) is 0 Å². The van der Waals surface area contributed by atoms with Crippen molar-refractivity contribution < 1.29 is 0 Å². The molecule has 5 rings (SSSR count). The van der Waals surface area contributed by atoms with Crippen LogP contribution in [0, 0.1) is 0 Å². The number of hydrogen-bond acceptors (Lipinski definition) is 1. The lowest BCUT2D eigenvalue weighted by Gasteiger charge is -2.29. The molecule has 0 heterocycles. The lowest BCUT2D eigenvalue weighted by atomic mass is 10.0. The molecule has 0 amide bonds. The first-order chi connectivity index (χ1) is 16.3. The summed E-state index contributed by atoms with van der Waals surface area (Å²) in [5.41, 5.74) is 6.61. The van der Waals surface area contributed by atoms with Crippen molar-refractivity contribution in [2.45, 2.75) is 33.1 Å². The van der Waals surface area contributed by atoms with E-state index in [0.29, 0.717) is 0 Å². The van der Waals surface area contributed by atoms with E-state index in [1.54, 1.807) is 0 Å². The molecule has 2 heteroatoms. The van der Waals surface area contributed by atoms with Crippen LogP contribution in [-0.2, 0) is 19.3 Å². The van der Waals surface area contributed by atoms with Crippen LogP contribution in [0.15, 0.2) is 114 Å². The first kappa shape index (κ1) is 21.7. The Morgan fingerprint density at radius 1 is 0.636 bits per heavy atom. The summed E-state index contributed by atoms with van der Waals surface area (Å²) in [4.78, 5) is 0. The van der Waals surface area contributed by atoms with Crippen molar-refractivity contribution in [2.75, 3.05) is 0 Å². The Hall–Kier alpha value is -3.15. The van der Waals surface area contributed by atoms with Crippen LogP contribution in [0.3, 0.4) is 0 Å².